The number of nitrogens with two attached hydrogens (primary N) is 1. The molecular formula is C26H29FN4O4S. The number of halogens is 1. The van der Waals surface area contributed by atoms with Crippen molar-refractivity contribution in [2.24, 2.45) is 5.73 Å². The van der Waals surface area contributed by atoms with Crippen LogP contribution in [0.3, 0.4) is 0 Å². The molecule has 0 bridgehead atoms. The van der Waals surface area contributed by atoms with E-state index in [0.29, 0.717) is 57.6 Å². The molecule has 8 nitrogen and oxygen atoms in total. The number of amides is 1. The standard InChI is InChI=1S/C26H29FN4O4S/c1-35-20(12-30-10-19(28)11-30)13-31(15-32)9-17-4-3-5-21-23(25(26(33)34)29-24(17)21)16-6-7-18(14-36-2)22(27)8-16/h3-8,13,15,19,29H,9-12,14,28H2,1-2H3,(H,33,34)/b20-13-. The van der Waals surface area contributed by atoms with Gasteiger partial charge in [-0.1, -0.05) is 30.3 Å². The van der Waals surface area contributed by atoms with Crippen LogP contribution in [0, 0.1) is 5.82 Å². The van der Waals surface area contributed by atoms with Crippen molar-refractivity contribution in [2.45, 2.75) is 18.3 Å². The van der Waals surface area contributed by atoms with E-state index < -0.39 is 5.97 Å². The fourth-order valence-corrected chi connectivity index (χ4v) is 5.00. The molecule has 4 rings (SSSR count). The average Bonchev–Trinajstić information content (AvgIpc) is 3.24. The Labute approximate surface area is 212 Å². The Balaban J connectivity index is 1.69. The van der Waals surface area contributed by atoms with Gasteiger partial charge in [0, 0.05) is 42.0 Å². The maximum absolute atomic E-state index is 14.7. The highest BCUT2D eigenvalue weighted by Gasteiger charge is 2.24. The van der Waals surface area contributed by atoms with E-state index in [-0.39, 0.29) is 24.1 Å². The van der Waals surface area contributed by atoms with Crippen LogP contribution < -0.4 is 5.73 Å². The maximum atomic E-state index is 14.7. The summed E-state index contributed by atoms with van der Waals surface area (Å²) < 4.78 is 20.2. The van der Waals surface area contributed by atoms with Crippen molar-refractivity contribution in [1.82, 2.24) is 14.8 Å². The van der Waals surface area contributed by atoms with E-state index in [9.17, 15) is 19.1 Å². The molecule has 0 aliphatic carbocycles. The number of hydrogen-bond acceptors (Lipinski definition) is 6. The van der Waals surface area contributed by atoms with Crippen molar-refractivity contribution >= 4 is 35.0 Å². The molecule has 0 unspecified atom stereocenters. The highest BCUT2D eigenvalue weighted by Crippen LogP contribution is 2.35. The summed E-state index contributed by atoms with van der Waals surface area (Å²) in [6, 6.07) is 10.4. The molecule has 1 amide bonds. The molecule has 10 heteroatoms. The lowest BCUT2D eigenvalue weighted by Crippen LogP contribution is -2.56. The van der Waals surface area contributed by atoms with Gasteiger partial charge < -0.3 is 25.5 Å². The van der Waals surface area contributed by atoms with Gasteiger partial charge in [0.2, 0.25) is 6.41 Å². The van der Waals surface area contributed by atoms with Gasteiger partial charge >= 0.3 is 5.97 Å². The van der Waals surface area contributed by atoms with Crippen LogP contribution in [-0.4, -0.2) is 71.3 Å². The number of carboxylic acid groups (broad SMARTS) is 1. The van der Waals surface area contributed by atoms with E-state index in [1.807, 2.05) is 12.3 Å². The topological polar surface area (TPSA) is 112 Å². The predicted octanol–water partition coefficient (Wildman–Crippen LogP) is 3.62. The highest BCUT2D eigenvalue weighted by atomic mass is 32.2. The van der Waals surface area contributed by atoms with Crippen molar-refractivity contribution in [3.8, 4) is 11.1 Å². The van der Waals surface area contributed by atoms with Gasteiger partial charge in [-0.05, 0) is 29.0 Å². The van der Waals surface area contributed by atoms with Crippen molar-refractivity contribution in [1.29, 1.82) is 0 Å². The quantitative estimate of drug-likeness (QED) is 0.266. The number of methoxy groups -OCH3 is 1. The van der Waals surface area contributed by atoms with Gasteiger partial charge in [-0.25, -0.2) is 9.18 Å². The number of carbonyl (C=O) groups excluding carboxylic acids is 1. The number of rotatable bonds is 11. The Bertz CT molecular complexity index is 1300. The lowest BCUT2D eigenvalue weighted by molar-refractivity contribution is -0.116. The van der Waals surface area contributed by atoms with Crippen LogP contribution in [0.15, 0.2) is 48.4 Å². The predicted molar refractivity (Wildman–Crippen MR) is 139 cm³/mol. The Morgan fingerprint density at radius 1 is 1.33 bits per heavy atom. The number of likely N-dealkylation sites (tertiary alicyclic amines) is 1. The molecular weight excluding hydrogens is 483 g/mol. The Hall–Kier alpha value is -3.34. The number of ether oxygens (including phenoxy) is 1. The minimum Gasteiger partial charge on any atom is -0.498 e. The number of thioether (sulfide) groups is 1. The molecule has 1 aromatic heterocycles. The second-order valence-corrected chi connectivity index (χ2v) is 9.66. The molecule has 4 N–H and O–H groups in total. The zero-order valence-corrected chi connectivity index (χ0v) is 21.0. The van der Waals surface area contributed by atoms with Gasteiger partial charge in [0.25, 0.3) is 0 Å². The first-order valence-corrected chi connectivity index (χ1v) is 12.8. The van der Waals surface area contributed by atoms with Crippen LogP contribution in [0.2, 0.25) is 0 Å². The van der Waals surface area contributed by atoms with Gasteiger partial charge in [-0.3, -0.25) is 9.69 Å². The third-order valence-electron chi connectivity index (χ3n) is 6.20. The van der Waals surface area contributed by atoms with E-state index in [4.69, 9.17) is 10.5 Å². The van der Waals surface area contributed by atoms with E-state index in [1.165, 1.54) is 22.7 Å². The van der Waals surface area contributed by atoms with Crippen LogP contribution in [-0.2, 0) is 21.8 Å². The second kappa shape index (κ2) is 11.2. The number of aromatic nitrogens is 1. The summed E-state index contributed by atoms with van der Waals surface area (Å²) >= 11 is 1.51. The third-order valence-corrected chi connectivity index (χ3v) is 6.80. The molecule has 2 aromatic carbocycles. The summed E-state index contributed by atoms with van der Waals surface area (Å²) in [4.78, 5) is 30.6. The molecule has 2 heterocycles. The molecule has 0 spiro atoms. The summed E-state index contributed by atoms with van der Waals surface area (Å²) in [5.41, 5.74) is 8.54. The largest absolute Gasteiger partial charge is 0.498 e. The van der Waals surface area contributed by atoms with Gasteiger partial charge in [0.1, 0.15) is 17.3 Å². The number of carbonyl (C=O) groups is 2. The fourth-order valence-electron chi connectivity index (χ4n) is 4.46. The SMILES string of the molecule is CO/C(=C\N(C=O)Cc1cccc2c(-c3ccc(CSC)c(F)c3)c(C(=O)O)[nH]c12)CN1CC(N)C1. The third kappa shape index (κ3) is 5.40. The van der Waals surface area contributed by atoms with Crippen molar-refractivity contribution in [3.05, 3.63) is 71.0 Å². The number of carboxylic acids is 1. The Morgan fingerprint density at radius 2 is 2.11 bits per heavy atom. The molecule has 1 aliphatic heterocycles. The monoisotopic (exact) mass is 512 g/mol. The minimum absolute atomic E-state index is 0.0330. The van der Waals surface area contributed by atoms with Crippen LogP contribution in [0.5, 0.6) is 0 Å². The Kier molecular flexibility index (Phi) is 7.97. The molecule has 1 saturated heterocycles. The number of hydrogen-bond donors (Lipinski definition) is 3. The smallest absolute Gasteiger partial charge is 0.352 e. The van der Waals surface area contributed by atoms with Gasteiger partial charge in [-0.15, -0.1) is 0 Å². The maximum Gasteiger partial charge on any atom is 0.352 e. The number of nitrogens with one attached hydrogen (secondary N) is 1. The van der Waals surface area contributed by atoms with Gasteiger partial charge in [0.15, 0.2) is 0 Å². The van der Waals surface area contributed by atoms with Gasteiger partial charge in [-0.2, -0.15) is 11.8 Å². The first-order valence-electron chi connectivity index (χ1n) is 11.4. The number of para-hydroxylation sites is 1. The lowest BCUT2D eigenvalue weighted by Gasteiger charge is -2.37. The Morgan fingerprint density at radius 3 is 2.72 bits per heavy atom. The van der Waals surface area contributed by atoms with Crippen LogP contribution in [0.4, 0.5) is 4.39 Å². The summed E-state index contributed by atoms with van der Waals surface area (Å²) in [6.45, 7) is 2.26. The molecule has 0 saturated carbocycles. The molecule has 1 fully saturated rings. The summed E-state index contributed by atoms with van der Waals surface area (Å²) in [7, 11) is 1.55. The molecule has 1 aliphatic rings. The summed E-state index contributed by atoms with van der Waals surface area (Å²) in [5.74, 6) is -0.391. The average molecular weight is 513 g/mol. The molecule has 3 aromatic rings. The fraction of sp³-hybridized carbons (Fsp3) is 0.308. The first-order chi connectivity index (χ1) is 17.3. The number of benzene rings is 2. The lowest BCUT2D eigenvalue weighted by atomic mass is 9.99. The van der Waals surface area contributed by atoms with Crippen molar-refractivity contribution < 1.29 is 23.8 Å². The van der Waals surface area contributed by atoms with Crippen LogP contribution in [0.1, 0.15) is 21.6 Å². The zero-order valence-electron chi connectivity index (χ0n) is 20.2. The van der Waals surface area contributed by atoms with E-state index in [0.717, 1.165) is 13.1 Å². The van der Waals surface area contributed by atoms with E-state index >= 15 is 0 Å². The number of nitrogens with zero attached hydrogens (tertiary/aromatic N) is 2. The van der Waals surface area contributed by atoms with E-state index in [1.54, 1.807) is 37.6 Å². The normalized spacial score (nSPS) is 14.6. The first kappa shape index (κ1) is 25.7. The molecule has 0 atom stereocenters. The molecule has 0 radical (unpaired) electrons. The van der Waals surface area contributed by atoms with Crippen molar-refractivity contribution in [3.63, 3.8) is 0 Å². The highest BCUT2D eigenvalue weighted by molar-refractivity contribution is 7.97. The van der Waals surface area contributed by atoms with Gasteiger partial charge in [0.05, 0.1) is 25.7 Å². The van der Waals surface area contributed by atoms with Crippen LogP contribution in [0.25, 0.3) is 22.0 Å². The summed E-state index contributed by atoms with van der Waals surface area (Å²) in [6.07, 6.45) is 4.23. The minimum atomic E-state index is -1.15. The zero-order chi connectivity index (χ0) is 25.8. The molecule has 36 heavy (non-hydrogen) atoms. The number of fused-ring (bicyclic) bond motifs is 1. The van der Waals surface area contributed by atoms with Crippen molar-refractivity contribution in [2.75, 3.05) is 33.0 Å². The van der Waals surface area contributed by atoms with Crippen LogP contribution >= 0.6 is 11.8 Å². The molecule has 190 valence electrons. The second-order valence-electron chi connectivity index (χ2n) is 8.79. The number of aromatic carboxylic acids is 1. The summed E-state index contributed by atoms with van der Waals surface area (Å²) in [5, 5.41) is 10.5. The number of H-pyrrole nitrogens is 1. The van der Waals surface area contributed by atoms with E-state index in [2.05, 4.69) is 9.88 Å². The number of aromatic amines is 1.